The smallest absolute Gasteiger partial charge is 0.245 e. The number of rotatable bonds is 4. The van der Waals surface area contributed by atoms with Gasteiger partial charge in [0.2, 0.25) is 5.95 Å². The second-order valence-corrected chi connectivity index (χ2v) is 8.49. The van der Waals surface area contributed by atoms with Crippen molar-refractivity contribution in [2.75, 3.05) is 24.5 Å². The Labute approximate surface area is 184 Å². The minimum Gasteiger partial charge on any atom is -0.507 e. The van der Waals surface area contributed by atoms with Gasteiger partial charge < -0.3 is 15.3 Å². The highest BCUT2D eigenvalue weighted by molar-refractivity contribution is 5.80. The number of hydrogen-bond donors (Lipinski definition) is 2. The predicted octanol–water partition coefficient (Wildman–Crippen LogP) is 1.78. The summed E-state index contributed by atoms with van der Waals surface area (Å²) in [5.41, 5.74) is 4.24. The molecule has 1 atom stereocenters. The molecule has 0 spiro atoms. The van der Waals surface area contributed by atoms with Crippen molar-refractivity contribution in [2.45, 2.75) is 18.9 Å². The first-order valence-corrected chi connectivity index (χ1v) is 10.8. The fourth-order valence-corrected chi connectivity index (χ4v) is 4.31. The Kier molecular flexibility index (Phi) is 4.46. The van der Waals surface area contributed by atoms with Gasteiger partial charge in [-0.3, -0.25) is 4.98 Å². The first-order chi connectivity index (χ1) is 15.7. The van der Waals surface area contributed by atoms with Gasteiger partial charge in [0.15, 0.2) is 0 Å². The van der Waals surface area contributed by atoms with E-state index in [0.29, 0.717) is 23.2 Å². The third kappa shape index (κ3) is 3.42. The first kappa shape index (κ1) is 19.1. The zero-order valence-electron chi connectivity index (χ0n) is 17.7. The van der Waals surface area contributed by atoms with Crippen molar-refractivity contribution in [2.24, 2.45) is 13.0 Å². The van der Waals surface area contributed by atoms with Crippen molar-refractivity contribution in [3.05, 3.63) is 36.7 Å². The van der Waals surface area contributed by atoms with Gasteiger partial charge in [-0.1, -0.05) is 11.3 Å². The minimum absolute atomic E-state index is 0.104. The molecule has 162 valence electrons. The molecular weight excluding hydrogens is 406 g/mol. The van der Waals surface area contributed by atoms with Gasteiger partial charge in [-0.15, -0.1) is 15.3 Å². The van der Waals surface area contributed by atoms with E-state index >= 15 is 0 Å². The molecule has 4 aromatic rings. The van der Waals surface area contributed by atoms with Crippen molar-refractivity contribution in [1.29, 1.82) is 0 Å². The van der Waals surface area contributed by atoms with Crippen molar-refractivity contribution in [3.8, 4) is 28.3 Å². The molecule has 1 saturated heterocycles. The van der Waals surface area contributed by atoms with Gasteiger partial charge in [-0.25, -0.2) is 9.67 Å². The number of aromatic nitrogens is 7. The molecule has 2 fully saturated rings. The lowest BCUT2D eigenvalue weighted by Crippen LogP contribution is -2.52. The Bertz CT molecular complexity index is 1280. The number of hydrogen-bond acceptors (Lipinski definition) is 9. The Morgan fingerprint density at radius 3 is 2.72 bits per heavy atom. The Balaban J connectivity index is 1.24. The van der Waals surface area contributed by atoms with E-state index in [2.05, 4.69) is 40.7 Å². The van der Waals surface area contributed by atoms with Crippen LogP contribution in [-0.2, 0) is 7.05 Å². The normalized spacial score (nSPS) is 18.9. The number of nitrogens with one attached hydrogen (secondary N) is 1. The highest BCUT2D eigenvalue weighted by Gasteiger charge is 2.34. The molecule has 2 aliphatic rings. The molecule has 10 heteroatoms. The van der Waals surface area contributed by atoms with Gasteiger partial charge in [0.1, 0.15) is 17.0 Å². The van der Waals surface area contributed by atoms with E-state index in [1.807, 2.05) is 25.2 Å². The van der Waals surface area contributed by atoms with Crippen LogP contribution in [0.5, 0.6) is 5.75 Å². The van der Waals surface area contributed by atoms with Crippen LogP contribution in [0.15, 0.2) is 36.7 Å². The van der Waals surface area contributed by atoms with Gasteiger partial charge in [-0.05, 0) is 37.0 Å². The molecule has 4 heterocycles. The lowest BCUT2D eigenvalue weighted by molar-refractivity contribution is 0.414. The van der Waals surface area contributed by atoms with Gasteiger partial charge >= 0.3 is 0 Å². The van der Waals surface area contributed by atoms with Crippen molar-refractivity contribution >= 4 is 17.0 Å². The summed E-state index contributed by atoms with van der Waals surface area (Å²) in [4.78, 5) is 11.2. The first-order valence-electron chi connectivity index (χ1n) is 10.8. The van der Waals surface area contributed by atoms with E-state index in [9.17, 15) is 5.11 Å². The monoisotopic (exact) mass is 429 g/mol. The minimum atomic E-state index is 0.104. The molecule has 0 bridgehead atoms. The van der Waals surface area contributed by atoms with Gasteiger partial charge in [0.05, 0.1) is 23.6 Å². The molecule has 1 saturated carbocycles. The number of nitrogens with zero attached hydrogens (tertiary/aromatic N) is 8. The number of piperazine rings is 1. The molecule has 2 N–H and O–H groups in total. The summed E-state index contributed by atoms with van der Waals surface area (Å²) in [6, 6.07) is 7.82. The number of pyridine rings is 1. The number of aryl methyl sites for hydroxylation is 1. The van der Waals surface area contributed by atoms with E-state index < -0.39 is 0 Å². The fourth-order valence-electron chi connectivity index (χ4n) is 4.31. The molecule has 32 heavy (non-hydrogen) atoms. The molecule has 10 nitrogen and oxygen atoms in total. The molecule has 1 aromatic carbocycles. The van der Waals surface area contributed by atoms with Crippen molar-refractivity contribution in [1.82, 2.24) is 40.5 Å². The summed E-state index contributed by atoms with van der Waals surface area (Å²) in [6.45, 7) is 2.71. The summed E-state index contributed by atoms with van der Waals surface area (Å²) in [7, 11) is 1.83. The summed E-state index contributed by atoms with van der Waals surface area (Å²) >= 11 is 0. The molecule has 0 unspecified atom stereocenters. The zero-order chi connectivity index (χ0) is 21.7. The van der Waals surface area contributed by atoms with E-state index in [1.165, 1.54) is 12.8 Å². The summed E-state index contributed by atoms with van der Waals surface area (Å²) in [5, 5.41) is 31.0. The van der Waals surface area contributed by atoms with Gasteiger partial charge in [0, 0.05) is 43.9 Å². The summed E-state index contributed by atoms with van der Waals surface area (Å²) in [5.74, 6) is 1.52. The summed E-state index contributed by atoms with van der Waals surface area (Å²) < 4.78 is 1.70. The number of fused-ring (bicyclic) bond motifs is 1. The maximum atomic E-state index is 10.7. The van der Waals surface area contributed by atoms with Gasteiger partial charge in [-0.2, -0.15) is 0 Å². The van der Waals surface area contributed by atoms with Crippen LogP contribution in [0, 0.1) is 5.92 Å². The van der Waals surface area contributed by atoms with Crippen LogP contribution in [0.3, 0.4) is 0 Å². The number of benzene rings is 1. The average molecular weight is 429 g/mol. The quantitative estimate of drug-likeness (QED) is 0.500. The van der Waals surface area contributed by atoms with E-state index in [1.54, 1.807) is 23.1 Å². The maximum Gasteiger partial charge on any atom is 0.245 e. The third-order valence-electron chi connectivity index (χ3n) is 6.30. The highest BCUT2D eigenvalue weighted by atomic mass is 16.3. The van der Waals surface area contributed by atoms with Gasteiger partial charge in [0.25, 0.3) is 0 Å². The number of aromatic hydroxyl groups is 1. The topological polar surface area (TPSA) is 118 Å². The predicted molar refractivity (Wildman–Crippen MR) is 119 cm³/mol. The van der Waals surface area contributed by atoms with Crippen LogP contribution >= 0.6 is 0 Å². The lowest BCUT2D eigenvalue weighted by Gasteiger charge is -2.33. The molecule has 1 aliphatic carbocycles. The number of phenolic OH excluding ortho intramolecular Hbond substituents is 1. The lowest BCUT2D eigenvalue weighted by atomic mass is 10.1. The number of anilines is 1. The van der Waals surface area contributed by atoms with Crippen LogP contribution in [-0.4, -0.2) is 65.9 Å². The van der Waals surface area contributed by atoms with Crippen LogP contribution in [0.25, 0.3) is 33.5 Å². The Hall–Kier alpha value is -3.66. The maximum absolute atomic E-state index is 10.7. The Morgan fingerprint density at radius 1 is 1.03 bits per heavy atom. The van der Waals surface area contributed by atoms with E-state index in [4.69, 9.17) is 0 Å². The molecule has 3 aromatic heterocycles. The van der Waals surface area contributed by atoms with Crippen LogP contribution in [0.1, 0.15) is 12.8 Å². The van der Waals surface area contributed by atoms with Crippen molar-refractivity contribution in [3.63, 3.8) is 0 Å². The molecule has 1 aliphatic heterocycles. The zero-order valence-corrected chi connectivity index (χ0v) is 17.7. The molecule has 6 rings (SSSR count). The van der Waals surface area contributed by atoms with Crippen LogP contribution in [0.4, 0.5) is 5.95 Å². The highest BCUT2D eigenvalue weighted by Crippen LogP contribution is 2.35. The van der Waals surface area contributed by atoms with Crippen molar-refractivity contribution < 1.29 is 5.11 Å². The Morgan fingerprint density at radius 2 is 1.94 bits per heavy atom. The van der Waals surface area contributed by atoms with Crippen LogP contribution in [0.2, 0.25) is 0 Å². The third-order valence-corrected chi connectivity index (χ3v) is 6.30. The summed E-state index contributed by atoms with van der Waals surface area (Å²) in [6.07, 6.45) is 5.97. The number of phenols is 1. The van der Waals surface area contributed by atoms with E-state index in [-0.39, 0.29) is 5.75 Å². The SMILES string of the molecule is Cn1nnc2cnc(-c3ccc(-c4cnc(N5CCN[C@@H](C6CC6)C5)nn4)c(O)c3)cc21. The standard InChI is InChI=1S/C22H23N9O/c1-30-20-9-16(24-11-18(20)27-29-30)14-4-5-15(21(32)8-14)17-10-25-22(28-26-17)31-7-6-23-19(12-31)13-2-3-13/h4-5,8-11,13,19,23,32H,2-3,6-7,12H2,1H3/t19-/m1/s1. The molecule has 0 radical (unpaired) electrons. The second-order valence-electron chi connectivity index (χ2n) is 8.49. The van der Waals surface area contributed by atoms with Crippen LogP contribution < -0.4 is 10.2 Å². The largest absolute Gasteiger partial charge is 0.507 e. The van der Waals surface area contributed by atoms with E-state index in [0.717, 1.165) is 47.8 Å². The fraction of sp³-hybridized carbons (Fsp3) is 0.364. The molecule has 0 amide bonds. The molecular formula is C22H23N9O. The average Bonchev–Trinajstić information content (AvgIpc) is 3.62. The second kappa shape index (κ2) is 7.49.